The minimum Gasteiger partial charge on any atom is -0.390 e. The van der Waals surface area contributed by atoms with Gasteiger partial charge in [-0.25, -0.2) is 9.20 Å². The van der Waals surface area contributed by atoms with Crippen molar-refractivity contribution in [1.82, 2.24) is 24.7 Å². The van der Waals surface area contributed by atoms with Crippen molar-refractivity contribution in [2.75, 3.05) is 0 Å². The van der Waals surface area contributed by atoms with Gasteiger partial charge in [0.25, 0.3) is 5.56 Å². The summed E-state index contributed by atoms with van der Waals surface area (Å²) in [5.41, 5.74) is -0.631. The number of aliphatic hydroxyl groups is 1. The lowest BCUT2D eigenvalue weighted by atomic mass is 9.77. The Kier molecular flexibility index (Phi) is 4.41. The lowest BCUT2D eigenvalue weighted by Crippen LogP contribution is -2.54. The molecular weight excluding hydrogens is 425 g/mol. The maximum Gasteiger partial charge on any atom is 0.293 e. The molecule has 1 saturated carbocycles. The van der Waals surface area contributed by atoms with Gasteiger partial charge in [0.1, 0.15) is 15.8 Å². The molecule has 0 saturated heterocycles. The van der Waals surface area contributed by atoms with Crippen molar-refractivity contribution >= 4 is 34.0 Å². The smallest absolute Gasteiger partial charge is 0.293 e. The van der Waals surface area contributed by atoms with Crippen molar-refractivity contribution in [2.24, 2.45) is 0 Å². The second-order valence-corrected chi connectivity index (χ2v) is 8.01. The minimum atomic E-state index is -0.703. The van der Waals surface area contributed by atoms with E-state index in [1.807, 2.05) is 36.4 Å². The first kappa shape index (κ1) is 17.3. The topological polar surface area (TPSA) is 102 Å². The van der Waals surface area contributed by atoms with Crippen molar-refractivity contribution in [3.8, 4) is 0 Å². The molecule has 2 aromatic rings. The molecule has 9 heteroatoms. The van der Waals surface area contributed by atoms with E-state index in [4.69, 9.17) is 0 Å². The number of hydrogen-bond donors (Lipinski definition) is 2. The normalized spacial score (nSPS) is 23.5. The molecule has 1 fully saturated rings. The number of carbonyl (C=O) groups excluding carboxylic acids is 1. The summed E-state index contributed by atoms with van der Waals surface area (Å²) in [5, 5.41) is 21.2. The van der Waals surface area contributed by atoms with Crippen LogP contribution in [0.5, 0.6) is 0 Å². The Morgan fingerprint density at radius 1 is 1.50 bits per heavy atom. The third-order valence-corrected chi connectivity index (χ3v) is 4.65. The summed E-state index contributed by atoms with van der Waals surface area (Å²) in [6.45, 7) is 5.52. The van der Waals surface area contributed by atoms with Crippen LogP contribution in [0.3, 0.4) is 0 Å². The molecule has 0 bridgehead atoms. The molecule has 130 valence electrons. The van der Waals surface area contributed by atoms with Gasteiger partial charge in [0.15, 0.2) is 5.82 Å². The second-order valence-electron chi connectivity index (χ2n) is 6.91. The Morgan fingerprint density at radius 2 is 2.17 bits per heavy atom. The molecule has 2 N–H and O–H groups in total. The van der Waals surface area contributed by atoms with E-state index < -0.39 is 5.60 Å². The average molecular weight is 445 g/mol. The number of carbonyl (C=O) groups is 1. The van der Waals surface area contributed by atoms with E-state index in [0.29, 0.717) is 27.9 Å². The highest BCUT2D eigenvalue weighted by Gasteiger charge is 2.39. The first-order valence-electron chi connectivity index (χ1n) is 7.84. The van der Waals surface area contributed by atoms with Crippen LogP contribution in [0.4, 0.5) is 0 Å². The van der Waals surface area contributed by atoms with E-state index in [1.54, 1.807) is 17.5 Å². The zero-order valence-electron chi connectivity index (χ0n) is 13.8. The summed E-state index contributed by atoms with van der Waals surface area (Å²) in [7, 11) is 0. The standard InChI is InChI=1S/C15H20IN5O3/c1-8(2)13-19-20(14(23)10-4-11(16)18-21(10)13)7-12(22)17-9-5-15(3,24)6-9/h4,8-9,24H,5-7H2,1-3H3,(H,17,22)/t9-,15+. The molecule has 1 amide bonds. The van der Waals surface area contributed by atoms with Crippen LogP contribution in [0.15, 0.2) is 10.9 Å². The van der Waals surface area contributed by atoms with Crippen LogP contribution < -0.4 is 10.9 Å². The fraction of sp³-hybridized carbons (Fsp3) is 0.600. The van der Waals surface area contributed by atoms with E-state index in [0.717, 1.165) is 0 Å². The average Bonchev–Trinajstić information content (AvgIpc) is 2.81. The molecular formula is C15H20IN5O3. The molecule has 24 heavy (non-hydrogen) atoms. The Morgan fingerprint density at radius 3 is 2.75 bits per heavy atom. The van der Waals surface area contributed by atoms with Gasteiger partial charge in [-0.2, -0.15) is 10.2 Å². The van der Waals surface area contributed by atoms with E-state index >= 15 is 0 Å². The fourth-order valence-corrected chi connectivity index (χ4v) is 3.51. The Labute approximate surface area is 152 Å². The Hall–Kier alpha value is -1.49. The number of halogens is 1. The highest BCUT2D eigenvalue weighted by Crippen LogP contribution is 2.31. The number of amides is 1. The van der Waals surface area contributed by atoms with E-state index in [2.05, 4.69) is 15.5 Å². The second kappa shape index (κ2) is 6.10. The number of nitrogens with one attached hydrogen (secondary N) is 1. The molecule has 0 aliphatic heterocycles. The third kappa shape index (κ3) is 3.32. The van der Waals surface area contributed by atoms with Crippen molar-refractivity contribution in [3.63, 3.8) is 0 Å². The predicted octanol–water partition coefficient (Wildman–Crippen LogP) is 0.649. The van der Waals surface area contributed by atoms with Gasteiger partial charge in [0.2, 0.25) is 5.91 Å². The molecule has 0 aromatic carbocycles. The molecule has 2 heterocycles. The summed E-state index contributed by atoms with van der Waals surface area (Å²) in [5.74, 6) is 0.408. The molecule has 0 atom stereocenters. The first-order valence-corrected chi connectivity index (χ1v) is 8.92. The van der Waals surface area contributed by atoms with E-state index in [9.17, 15) is 14.7 Å². The number of aromatic nitrogens is 4. The fourth-order valence-electron chi connectivity index (χ4n) is 3.00. The van der Waals surface area contributed by atoms with Crippen LogP contribution >= 0.6 is 22.6 Å². The molecule has 0 radical (unpaired) electrons. The highest BCUT2D eigenvalue weighted by molar-refractivity contribution is 14.1. The Bertz CT molecular complexity index is 847. The van der Waals surface area contributed by atoms with Crippen molar-refractivity contribution in [2.45, 2.75) is 57.7 Å². The summed E-state index contributed by atoms with van der Waals surface area (Å²) in [6, 6.07) is 1.64. The van der Waals surface area contributed by atoms with Crippen molar-refractivity contribution in [1.29, 1.82) is 0 Å². The van der Waals surface area contributed by atoms with Crippen molar-refractivity contribution in [3.05, 3.63) is 25.9 Å². The summed E-state index contributed by atoms with van der Waals surface area (Å²) in [4.78, 5) is 24.7. The lowest BCUT2D eigenvalue weighted by Gasteiger charge is -2.41. The van der Waals surface area contributed by atoms with Crippen LogP contribution in [-0.2, 0) is 11.3 Å². The maximum atomic E-state index is 12.5. The van der Waals surface area contributed by atoms with Gasteiger partial charge in [-0.1, -0.05) is 13.8 Å². The Balaban J connectivity index is 1.85. The number of fused-ring (bicyclic) bond motifs is 1. The predicted molar refractivity (Wildman–Crippen MR) is 95.8 cm³/mol. The lowest BCUT2D eigenvalue weighted by molar-refractivity contribution is -0.125. The molecule has 3 rings (SSSR count). The zero-order valence-corrected chi connectivity index (χ0v) is 15.9. The molecule has 0 unspecified atom stereocenters. The van der Waals surface area contributed by atoms with Gasteiger partial charge in [-0.3, -0.25) is 9.59 Å². The van der Waals surface area contributed by atoms with Crippen LogP contribution in [0, 0.1) is 3.70 Å². The molecule has 8 nitrogen and oxygen atoms in total. The summed E-state index contributed by atoms with van der Waals surface area (Å²) >= 11 is 2.05. The van der Waals surface area contributed by atoms with Crippen LogP contribution in [-0.4, -0.2) is 42.1 Å². The number of rotatable bonds is 4. The molecule has 1 aliphatic rings. The largest absolute Gasteiger partial charge is 0.390 e. The quantitative estimate of drug-likeness (QED) is 0.674. The molecule has 2 aromatic heterocycles. The molecule has 0 spiro atoms. The van der Waals surface area contributed by atoms with Gasteiger partial charge in [0, 0.05) is 18.0 Å². The molecule has 1 aliphatic carbocycles. The van der Waals surface area contributed by atoms with Crippen LogP contribution in [0.25, 0.3) is 5.52 Å². The monoisotopic (exact) mass is 445 g/mol. The van der Waals surface area contributed by atoms with E-state index in [-0.39, 0.29) is 30.0 Å². The number of hydrogen-bond acceptors (Lipinski definition) is 5. The maximum absolute atomic E-state index is 12.5. The van der Waals surface area contributed by atoms with Gasteiger partial charge in [-0.05, 0) is 42.4 Å². The van der Waals surface area contributed by atoms with Gasteiger partial charge in [-0.15, -0.1) is 0 Å². The highest BCUT2D eigenvalue weighted by atomic mass is 127. The van der Waals surface area contributed by atoms with Gasteiger partial charge >= 0.3 is 0 Å². The van der Waals surface area contributed by atoms with Crippen molar-refractivity contribution < 1.29 is 9.90 Å². The van der Waals surface area contributed by atoms with Gasteiger partial charge in [0.05, 0.1) is 5.60 Å². The third-order valence-electron chi connectivity index (χ3n) is 4.12. The van der Waals surface area contributed by atoms with Crippen LogP contribution in [0.1, 0.15) is 45.4 Å². The van der Waals surface area contributed by atoms with E-state index in [1.165, 1.54) is 4.68 Å². The van der Waals surface area contributed by atoms with Gasteiger partial charge < -0.3 is 10.4 Å². The first-order chi connectivity index (χ1) is 11.2. The van der Waals surface area contributed by atoms with Crippen LogP contribution in [0.2, 0.25) is 0 Å². The number of nitrogens with zero attached hydrogens (tertiary/aromatic N) is 4. The SMILES string of the molecule is CC(C)c1nn(CC(=O)N[C@H]2C[C@@](C)(O)C2)c(=O)c2cc(I)nn12. The summed E-state index contributed by atoms with van der Waals surface area (Å²) < 4.78 is 3.44. The zero-order chi connectivity index (χ0) is 17.6. The summed E-state index contributed by atoms with van der Waals surface area (Å²) in [6.07, 6.45) is 1.05. The minimum absolute atomic E-state index is 0.0487.